The van der Waals surface area contributed by atoms with Gasteiger partial charge < -0.3 is 10.5 Å². The summed E-state index contributed by atoms with van der Waals surface area (Å²) in [4.78, 5) is 10.6. The minimum Gasteiger partial charge on any atom is -0.478 e. The number of nitrogens with one attached hydrogen (secondary N) is 1. The van der Waals surface area contributed by atoms with Crippen molar-refractivity contribution < 1.29 is 9.90 Å². The maximum Gasteiger partial charge on any atom is 0.335 e. The molecule has 0 bridgehead atoms. The van der Waals surface area contributed by atoms with Crippen LogP contribution in [0, 0.1) is 11.3 Å². The number of benzene rings is 1. The summed E-state index contributed by atoms with van der Waals surface area (Å²) in [5, 5.41) is 17.2. The molecule has 66 valence electrons. The second-order valence-electron chi connectivity index (χ2n) is 2.36. The van der Waals surface area contributed by atoms with Crippen LogP contribution in [0.15, 0.2) is 18.2 Å². The summed E-state index contributed by atoms with van der Waals surface area (Å²) in [5.41, 5.74) is 2.97. The molecule has 0 atom stereocenters. The van der Waals surface area contributed by atoms with Gasteiger partial charge >= 0.3 is 5.97 Å². The van der Waals surface area contributed by atoms with Crippen LogP contribution in [0.4, 0.5) is 5.69 Å². The summed E-state index contributed by atoms with van der Waals surface area (Å²) in [6.07, 6.45) is 0. The maximum atomic E-state index is 10.6. The van der Waals surface area contributed by atoms with E-state index < -0.39 is 5.97 Å². The molecular weight excluding hydrogens is 170 g/mol. The van der Waals surface area contributed by atoms with Gasteiger partial charge in [0.05, 0.1) is 22.9 Å². The second kappa shape index (κ2) is 3.56. The average Bonchev–Trinajstić information content (AvgIpc) is 2.16. The lowest BCUT2D eigenvalue weighted by molar-refractivity contribution is 0.0697. The largest absolute Gasteiger partial charge is 0.478 e. The quantitative estimate of drug-likeness (QED) is 0.452. The third-order valence-electron chi connectivity index (χ3n) is 1.48. The first kappa shape index (κ1) is 9.03. The highest BCUT2D eigenvalue weighted by Gasteiger charge is 2.05. The zero-order valence-electron chi connectivity index (χ0n) is 6.61. The van der Waals surface area contributed by atoms with Crippen LogP contribution < -0.4 is 11.3 Å². The van der Waals surface area contributed by atoms with Gasteiger partial charge in [-0.05, 0) is 18.2 Å². The van der Waals surface area contributed by atoms with Crippen LogP contribution in [0.2, 0.25) is 0 Å². The molecule has 1 rings (SSSR count). The molecule has 0 amide bonds. The summed E-state index contributed by atoms with van der Waals surface area (Å²) in [5.74, 6) is 4.00. The topological polar surface area (TPSA) is 99.1 Å². The van der Waals surface area contributed by atoms with Crippen LogP contribution in [-0.2, 0) is 0 Å². The zero-order chi connectivity index (χ0) is 9.84. The van der Waals surface area contributed by atoms with Crippen LogP contribution in [0.5, 0.6) is 0 Å². The molecule has 0 saturated carbocycles. The van der Waals surface area contributed by atoms with Crippen LogP contribution in [0.1, 0.15) is 15.9 Å². The standard InChI is InChI=1S/C8H7N3O2/c9-4-5-1-6(8(12)13)3-7(2-5)11-10/h1-3,11H,10H2,(H,12,13). The van der Waals surface area contributed by atoms with E-state index in [4.69, 9.17) is 16.2 Å². The molecule has 0 unspecified atom stereocenters. The molecule has 0 heterocycles. The predicted octanol–water partition coefficient (Wildman–Crippen LogP) is 0.542. The average molecular weight is 177 g/mol. The Hall–Kier alpha value is -2.06. The van der Waals surface area contributed by atoms with Crippen molar-refractivity contribution in [2.45, 2.75) is 0 Å². The lowest BCUT2D eigenvalue weighted by Crippen LogP contribution is -2.08. The molecule has 0 radical (unpaired) electrons. The number of aromatic carboxylic acids is 1. The normalized spacial score (nSPS) is 8.92. The maximum absolute atomic E-state index is 10.6. The van der Waals surface area contributed by atoms with Crippen LogP contribution in [0.25, 0.3) is 0 Å². The highest BCUT2D eigenvalue weighted by atomic mass is 16.4. The van der Waals surface area contributed by atoms with E-state index in [-0.39, 0.29) is 11.1 Å². The van der Waals surface area contributed by atoms with Gasteiger partial charge in [-0.3, -0.25) is 5.84 Å². The number of carboxylic acids is 1. The summed E-state index contributed by atoms with van der Waals surface area (Å²) in [6.45, 7) is 0. The van der Waals surface area contributed by atoms with Gasteiger partial charge in [-0.25, -0.2) is 4.79 Å². The highest BCUT2D eigenvalue weighted by molar-refractivity contribution is 5.89. The Labute approximate surface area is 74.4 Å². The van der Waals surface area contributed by atoms with E-state index in [0.717, 1.165) is 0 Å². The van der Waals surface area contributed by atoms with Crippen molar-refractivity contribution in [3.05, 3.63) is 29.3 Å². The summed E-state index contributed by atoms with van der Waals surface area (Å²) in [6, 6.07) is 5.93. The Kier molecular flexibility index (Phi) is 2.47. The van der Waals surface area contributed by atoms with E-state index >= 15 is 0 Å². The van der Waals surface area contributed by atoms with Gasteiger partial charge in [0.15, 0.2) is 0 Å². The number of hydrogen-bond acceptors (Lipinski definition) is 4. The van der Waals surface area contributed by atoms with Gasteiger partial charge in [0.1, 0.15) is 0 Å². The molecule has 13 heavy (non-hydrogen) atoms. The van der Waals surface area contributed by atoms with Crippen molar-refractivity contribution in [1.82, 2.24) is 0 Å². The monoisotopic (exact) mass is 177 g/mol. The second-order valence-corrected chi connectivity index (χ2v) is 2.36. The van der Waals surface area contributed by atoms with Crippen molar-refractivity contribution in [2.24, 2.45) is 5.84 Å². The highest BCUT2D eigenvalue weighted by Crippen LogP contribution is 2.13. The van der Waals surface area contributed by atoms with Gasteiger partial charge in [0.25, 0.3) is 0 Å². The minimum absolute atomic E-state index is 0.0343. The molecule has 4 N–H and O–H groups in total. The number of hydrogen-bond donors (Lipinski definition) is 3. The van der Waals surface area contributed by atoms with E-state index in [0.29, 0.717) is 5.69 Å². The predicted molar refractivity (Wildman–Crippen MR) is 45.9 cm³/mol. The van der Waals surface area contributed by atoms with Gasteiger partial charge in [-0.1, -0.05) is 0 Å². The molecule has 5 heteroatoms. The molecule has 0 saturated heterocycles. The number of carbonyl (C=O) groups is 1. The van der Waals surface area contributed by atoms with Gasteiger partial charge in [0, 0.05) is 0 Å². The lowest BCUT2D eigenvalue weighted by atomic mass is 10.1. The smallest absolute Gasteiger partial charge is 0.335 e. The molecular formula is C8H7N3O2. The Morgan fingerprint density at radius 2 is 2.23 bits per heavy atom. The fraction of sp³-hybridized carbons (Fsp3) is 0. The number of nitrogens with zero attached hydrogens (tertiary/aromatic N) is 1. The molecule has 1 aromatic rings. The van der Waals surface area contributed by atoms with Crippen LogP contribution >= 0.6 is 0 Å². The fourth-order valence-electron chi connectivity index (χ4n) is 0.899. The van der Waals surface area contributed by atoms with Gasteiger partial charge in [0.2, 0.25) is 0 Å². The van der Waals surface area contributed by atoms with Crippen LogP contribution in [0.3, 0.4) is 0 Å². The molecule has 0 fully saturated rings. The van der Waals surface area contributed by atoms with Gasteiger partial charge in [-0.15, -0.1) is 0 Å². The number of nitrogen functional groups attached to an aromatic ring is 1. The van der Waals surface area contributed by atoms with Gasteiger partial charge in [-0.2, -0.15) is 5.26 Å². The lowest BCUT2D eigenvalue weighted by Gasteiger charge is -2.01. The number of nitrogens with two attached hydrogens (primary N) is 1. The Balaban J connectivity index is 3.24. The Morgan fingerprint density at radius 1 is 1.54 bits per heavy atom. The Bertz CT molecular complexity index is 381. The molecule has 1 aromatic carbocycles. The molecule has 0 aromatic heterocycles. The van der Waals surface area contributed by atoms with Crippen molar-refractivity contribution in [2.75, 3.05) is 5.43 Å². The first-order chi connectivity index (χ1) is 6.17. The third kappa shape index (κ3) is 1.95. The fourth-order valence-corrected chi connectivity index (χ4v) is 0.899. The first-order valence-corrected chi connectivity index (χ1v) is 3.42. The molecule has 0 aliphatic rings. The molecule has 0 spiro atoms. The van der Waals surface area contributed by atoms with E-state index in [1.807, 2.05) is 6.07 Å². The van der Waals surface area contributed by atoms with E-state index in [2.05, 4.69) is 5.43 Å². The number of rotatable bonds is 2. The van der Waals surface area contributed by atoms with E-state index in [9.17, 15) is 4.79 Å². The van der Waals surface area contributed by atoms with E-state index in [1.165, 1.54) is 18.2 Å². The summed E-state index contributed by atoms with van der Waals surface area (Å²) < 4.78 is 0. The van der Waals surface area contributed by atoms with Crippen molar-refractivity contribution in [1.29, 1.82) is 5.26 Å². The molecule has 5 nitrogen and oxygen atoms in total. The van der Waals surface area contributed by atoms with Crippen molar-refractivity contribution >= 4 is 11.7 Å². The van der Waals surface area contributed by atoms with Crippen molar-refractivity contribution in [3.8, 4) is 6.07 Å². The summed E-state index contributed by atoms with van der Waals surface area (Å²) >= 11 is 0. The molecule has 0 aliphatic heterocycles. The number of hydrazine groups is 1. The first-order valence-electron chi connectivity index (χ1n) is 3.42. The zero-order valence-corrected chi connectivity index (χ0v) is 6.61. The van der Waals surface area contributed by atoms with Crippen LogP contribution in [-0.4, -0.2) is 11.1 Å². The minimum atomic E-state index is -1.09. The number of anilines is 1. The van der Waals surface area contributed by atoms with E-state index in [1.54, 1.807) is 0 Å². The Morgan fingerprint density at radius 3 is 2.69 bits per heavy atom. The number of carboxylic acid groups (broad SMARTS) is 1. The number of nitriles is 1. The van der Waals surface area contributed by atoms with Crippen molar-refractivity contribution in [3.63, 3.8) is 0 Å². The molecule has 0 aliphatic carbocycles. The SMILES string of the molecule is N#Cc1cc(NN)cc(C(=O)O)c1. The summed E-state index contributed by atoms with van der Waals surface area (Å²) in [7, 11) is 0. The third-order valence-corrected chi connectivity index (χ3v) is 1.48.